The second-order valence-corrected chi connectivity index (χ2v) is 3.57. The Morgan fingerprint density at radius 2 is 2.31 bits per heavy atom. The van der Waals surface area contributed by atoms with Crippen molar-refractivity contribution in [2.75, 3.05) is 7.11 Å². The molecule has 0 atom stereocenters. The molecule has 0 unspecified atom stereocenters. The molecule has 0 spiro atoms. The van der Waals surface area contributed by atoms with E-state index in [0.29, 0.717) is 6.54 Å². The summed E-state index contributed by atoms with van der Waals surface area (Å²) in [7, 11) is 3.60. The maximum atomic E-state index is 10.1. The smallest absolute Gasteiger partial charge is 0.235 e. The largest absolute Gasteiger partial charge is 0.496 e. The van der Waals surface area contributed by atoms with Crippen LogP contribution in [0.2, 0.25) is 0 Å². The van der Waals surface area contributed by atoms with Crippen molar-refractivity contribution >= 4 is 17.0 Å². The average molecular weight is 216 g/mol. The fourth-order valence-electron chi connectivity index (χ4n) is 1.78. The van der Waals surface area contributed by atoms with Gasteiger partial charge in [-0.1, -0.05) is 0 Å². The number of isocyanates is 1. The van der Waals surface area contributed by atoms with Crippen LogP contribution in [0.15, 0.2) is 29.4 Å². The summed E-state index contributed by atoms with van der Waals surface area (Å²) >= 11 is 0. The fraction of sp³-hybridized carbons (Fsp3) is 0.250. The van der Waals surface area contributed by atoms with E-state index in [9.17, 15) is 4.79 Å². The number of ether oxygens (including phenoxy) is 1. The van der Waals surface area contributed by atoms with Gasteiger partial charge in [0.25, 0.3) is 0 Å². The third-order valence-corrected chi connectivity index (χ3v) is 2.57. The molecule has 0 radical (unpaired) electrons. The molecule has 1 aromatic carbocycles. The van der Waals surface area contributed by atoms with E-state index < -0.39 is 0 Å². The normalized spacial score (nSPS) is 10.1. The lowest BCUT2D eigenvalue weighted by molar-refractivity contribution is 0.419. The average Bonchev–Trinajstić information content (AvgIpc) is 2.68. The third kappa shape index (κ3) is 1.71. The van der Waals surface area contributed by atoms with Gasteiger partial charge in [-0.2, -0.15) is 0 Å². The number of rotatable bonds is 3. The van der Waals surface area contributed by atoms with Crippen LogP contribution in [0.1, 0.15) is 5.56 Å². The molecular weight excluding hydrogens is 204 g/mol. The predicted octanol–water partition coefficient (Wildman–Crippen LogP) is 2.02. The topological polar surface area (TPSA) is 43.6 Å². The molecule has 0 N–H and O–H groups in total. The molecule has 0 aliphatic carbocycles. The lowest BCUT2D eigenvalue weighted by Crippen LogP contribution is -1.91. The maximum absolute atomic E-state index is 10.1. The van der Waals surface area contributed by atoms with Crippen LogP contribution in [0.4, 0.5) is 0 Å². The van der Waals surface area contributed by atoms with Crippen molar-refractivity contribution in [2.24, 2.45) is 12.0 Å². The number of aliphatic imine (C=N–C) groups is 1. The molecule has 4 nitrogen and oxygen atoms in total. The summed E-state index contributed by atoms with van der Waals surface area (Å²) in [6.07, 6.45) is 3.51. The van der Waals surface area contributed by atoms with Crippen molar-refractivity contribution in [3.8, 4) is 5.75 Å². The lowest BCUT2D eigenvalue weighted by Gasteiger charge is -2.05. The first-order chi connectivity index (χ1) is 7.76. The summed E-state index contributed by atoms with van der Waals surface area (Å²) in [4.78, 5) is 13.7. The Balaban J connectivity index is 2.60. The van der Waals surface area contributed by atoms with E-state index in [-0.39, 0.29) is 0 Å². The molecular formula is C12H12N2O2. The number of aromatic nitrogens is 1. The Kier molecular flexibility index (Phi) is 2.75. The Labute approximate surface area is 93.2 Å². The van der Waals surface area contributed by atoms with Crippen molar-refractivity contribution in [3.05, 3.63) is 30.0 Å². The minimum Gasteiger partial charge on any atom is -0.496 e. The van der Waals surface area contributed by atoms with Crippen LogP contribution in [0.25, 0.3) is 10.9 Å². The molecule has 4 heteroatoms. The Morgan fingerprint density at radius 1 is 1.50 bits per heavy atom. The van der Waals surface area contributed by atoms with Gasteiger partial charge in [0.1, 0.15) is 5.75 Å². The van der Waals surface area contributed by atoms with Gasteiger partial charge in [-0.3, -0.25) is 0 Å². The number of aryl methyl sites for hydroxylation is 1. The van der Waals surface area contributed by atoms with Crippen molar-refractivity contribution in [2.45, 2.75) is 6.54 Å². The molecule has 16 heavy (non-hydrogen) atoms. The second kappa shape index (κ2) is 4.21. The quantitative estimate of drug-likeness (QED) is 0.582. The van der Waals surface area contributed by atoms with E-state index in [1.165, 1.54) is 6.08 Å². The van der Waals surface area contributed by atoms with E-state index in [1.54, 1.807) is 7.11 Å². The van der Waals surface area contributed by atoms with Gasteiger partial charge in [-0.05, 0) is 23.8 Å². The highest BCUT2D eigenvalue weighted by Crippen LogP contribution is 2.28. The summed E-state index contributed by atoms with van der Waals surface area (Å²) in [5.41, 5.74) is 2.00. The first-order valence-corrected chi connectivity index (χ1v) is 4.92. The van der Waals surface area contributed by atoms with E-state index in [4.69, 9.17) is 4.74 Å². The predicted molar refractivity (Wildman–Crippen MR) is 61.3 cm³/mol. The number of nitrogens with zero attached hydrogens (tertiary/aromatic N) is 2. The highest BCUT2D eigenvalue weighted by atomic mass is 16.5. The second-order valence-electron chi connectivity index (χ2n) is 3.57. The van der Waals surface area contributed by atoms with Gasteiger partial charge in [0.15, 0.2) is 0 Å². The van der Waals surface area contributed by atoms with Crippen LogP contribution in [-0.4, -0.2) is 17.8 Å². The number of carbonyl (C=O) groups excluding carboxylic acids is 1. The SMILES string of the molecule is COc1cc(CN=C=O)cc2c1ccn2C. The Morgan fingerprint density at radius 3 is 3.00 bits per heavy atom. The van der Waals surface area contributed by atoms with Gasteiger partial charge in [0.2, 0.25) is 6.08 Å². The lowest BCUT2D eigenvalue weighted by atomic mass is 10.1. The summed E-state index contributed by atoms with van der Waals surface area (Å²) < 4.78 is 7.31. The van der Waals surface area contributed by atoms with Gasteiger partial charge in [0.05, 0.1) is 19.2 Å². The van der Waals surface area contributed by atoms with Crippen molar-refractivity contribution in [1.29, 1.82) is 0 Å². The van der Waals surface area contributed by atoms with E-state index >= 15 is 0 Å². The number of methoxy groups -OCH3 is 1. The van der Waals surface area contributed by atoms with Crippen LogP contribution in [0, 0.1) is 0 Å². The minimum atomic E-state index is 0.334. The molecule has 0 saturated heterocycles. The van der Waals surface area contributed by atoms with Crippen LogP contribution in [0.5, 0.6) is 5.75 Å². The summed E-state index contributed by atoms with van der Waals surface area (Å²) in [5.74, 6) is 0.800. The first kappa shape index (κ1) is 10.5. The number of fused-ring (bicyclic) bond motifs is 1. The van der Waals surface area contributed by atoms with Gasteiger partial charge in [-0.15, -0.1) is 0 Å². The zero-order chi connectivity index (χ0) is 11.5. The van der Waals surface area contributed by atoms with E-state index in [0.717, 1.165) is 22.2 Å². The standard InChI is InChI=1S/C12H12N2O2/c1-14-4-3-10-11(14)5-9(7-13-8-15)6-12(10)16-2/h3-6H,7H2,1-2H3. The van der Waals surface area contributed by atoms with Gasteiger partial charge in [0, 0.05) is 18.6 Å². The van der Waals surface area contributed by atoms with Crippen LogP contribution >= 0.6 is 0 Å². The first-order valence-electron chi connectivity index (χ1n) is 4.92. The molecule has 0 saturated carbocycles. The van der Waals surface area contributed by atoms with Gasteiger partial charge >= 0.3 is 0 Å². The van der Waals surface area contributed by atoms with E-state index in [1.807, 2.05) is 36.0 Å². The molecule has 2 aromatic rings. The minimum absolute atomic E-state index is 0.334. The van der Waals surface area contributed by atoms with E-state index in [2.05, 4.69) is 4.99 Å². The maximum Gasteiger partial charge on any atom is 0.235 e. The highest BCUT2D eigenvalue weighted by Gasteiger charge is 2.06. The molecule has 82 valence electrons. The molecule has 1 heterocycles. The van der Waals surface area contributed by atoms with Crippen LogP contribution < -0.4 is 4.74 Å². The number of hydrogen-bond donors (Lipinski definition) is 0. The van der Waals surface area contributed by atoms with Gasteiger partial charge < -0.3 is 9.30 Å². The van der Waals surface area contributed by atoms with Crippen LogP contribution in [0.3, 0.4) is 0 Å². The molecule has 0 amide bonds. The monoisotopic (exact) mass is 216 g/mol. The van der Waals surface area contributed by atoms with Crippen molar-refractivity contribution in [3.63, 3.8) is 0 Å². The van der Waals surface area contributed by atoms with Crippen molar-refractivity contribution in [1.82, 2.24) is 4.57 Å². The molecule has 2 rings (SSSR count). The fourth-order valence-corrected chi connectivity index (χ4v) is 1.78. The number of benzene rings is 1. The summed E-state index contributed by atoms with van der Waals surface area (Å²) in [5, 5.41) is 1.06. The molecule has 0 aliphatic rings. The molecule has 1 aromatic heterocycles. The number of hydrogen-bond acceptors (Lipinski definition) is 3. The summed E-state index contributed by atoms with van der Waals surface area (Å²) in [6, 6.07) is 5.89. The highest BCUT2D eigenvalue weighted by molar-refractivity contribution is 5.87. The zero-order valence-corrected chi connectivity index (χ0v) is 9.23. The Bertz CT molecular complexity index is 566. The van der Waals surface area contributed by atoms with Gasteiger partial charge in [-0.25, -0.2) is 9.79 Å². The Hall–Kier alpha value is -2.06. The zero-order valence-electron chi connectivity index (χ0n) is 9.23. The third-order valence-electron chi connectivity index (χ3n) is 2.57. The molecule has 0 aliphatic heterocycles. The van der Waals surface area contributed by atoms with Crippen LogP contribution in [-0.2, 0) is 18.4 Å². The molecule has 0 fully saturated rings. The molecule has 0 bridgehead atoms. The summed E-state index contributed by atoms with van der Waals surface area (Å²) in [6.45, 7) is 0.334. The van der Waals surface area contributed by atoms with Crippen molar-refractivity contribution < 1.29 is 9.53 Å².